The van der Waals surface area contributed by atoms with Gasteiger partial charge in [0.15, 0.2) is 5.13 Å². The average Bonchev–Trinajstić information content (AvgIpc) is 3.46. The van der Waals surface area contributed by atoms with Crippen LogP contribution in [0.4, 0.5) is 10.8 Å². The first-order valence-electron chi connectivity index (χ1n) is 14.6. The maximum atomic E-state index is 13.5. The number of ether oxygens (including phenoxy) is 1. The van der Waals surface area contributed by atoms with E-state index in [4.69, 9.17) is 16.3 Å². The van der Waals surface area contributed by atoms with Crippen LogP contribution >= 0.6 is 34.7 Å². The van der Waals surface area contributed by atoms with Gasteiger partial charge in [0.2, 0.25) is 5.91 Å². The second-order valence-corrected chi connectivity index (χ2v) is 12.7. The molecule has 3 amide bonds. The van der Waals surface area contributed by atoms with Crippen molar-refractivity contribution in [1.29, 1.82) is 0 Å². The first-order chi connectivity index (χ1) is 22.3. The molecule has 4 aromatic carbocycles. The van der Waals surface area contributed by atoms with Gasteiger partial charge in [0.25, 0.3) is 11.8 Å². The summed E-state index contributed by atoms with van der Waals surface area (Å²) in [5.74, 6) is -0.368. The maximum Gasteiger partial charge on any atom is 0.272 e. The van der Waals surface area contributed by atoms with E-state index in [1.807, 2.05) is 38.1 Å². The number of anilines is 2. The SMILES string of the molecule is CCOc1ccc2nc(NC(=O)C(CC)Sc3cccc(NC(=O)/C(=C\c4ccccc4Cl)NC(=O)c4ccccc4)c3)sc2c1. The first-order valence-corrected chi connectivity index (χ1v) is 16.6. The topological polar surface area (TPSA) is 109 Å². The predicted molar refractivity (Wildman–Crippen MR) is 188 cm³/mol. The highest BCUT2D eigenvalue weighted by Gasteiger charge is 2.21. The van der Waals surface area contributed by atoms with E-state index in [0.29, 0.717) is 40.0 Å². The molecule has 11 heteroatoms. The summed E-state index contributed by atoms with van der Waals surface area (Å²) in [5.41, 5.74) is 2.29. The highest BCUT2D eigenvalue weighted by molar-refractivity contribution is 8.00. The Labute approximate surface area is 280 Å². The van der Waals surface area contributed by atoms with Crippen molar-refractivity contribution in [2.45, 2.75) is 30.4 Å². The van der Waals surface area contributed by atoms with E-state index in [2.05, 4.69) is 20.9 Å². The molecule has 5 aromatic rings. The van der Waals surface area contributed by atoms with Gasteiger partial charge in [0.05, 0.1) is 22.1 Å². The zero-order valence-corrected chi connectivity index (χ0v) is 27.5. The number of hydrogen-bond donors (Lipinski definition) is 3. The van der Waals surface area contributed by atoms with Gasteiger partial charge in [0, 0.05) is 21.2 Å². The molecule has 0 bridgehead atoms. The molecule has 0 fully saturated rings. The Balaban J connectivity index is 1.29. The Hall–Kier alpha value is -4.64. The van der Waals surface area contributed by atoms with Crippen LogP contribution in [0.3, 0.4) is 0 Å². The van der Waals surface area contributed by atoms with Crippen LogP contribution in [0.2, 0.25) is 5.02 Å². The number of fused-ring (bicyclic) bond motifs is 1. The van der Waals surface area contributed by atoms with Gasteiger partial charge in [-0.25, -0.2) is 4.98 Å². The number of aromatic nitrogens is 1. The average molecular weight is 671 g/mol. The zero-order valence-electron chi connectivity index (χ0n) is 25.1. The molecule has 0 aliphatic heterocycles. The Morgan fingerprint density at radius 1 is 0.935 bits per heavy atom. The van der Waals surface area contributed by atoms with Gasteiger partial charge in [-0.15, -0.1) is 11.8 Å². The van der Waals surface area contributed by atoms with Gasteiger partial charge in [-0.1, -0.05) is 72.3 Å². The van der Waals surface area contributed by atoms with E-state index in [-0.39, 0.29) is 11.6 Å². The standard InChI is InChI=1S/C35H31ClN4O4S2/c1-3-30(34(43)40-35-39-28-18-17-25(44-4-2)21-31(28)46-35)45-26-15-10-14-24(20-26)37-33(42)29(19-23-13-8-9-16-27(23)36)38-32(41)22-11-6-5-7-12-22/h5-21,30H,3-4H2,1-2H3,(H,37,42)(H,38,41)(H,39,40,43)/b29-19+. The lowest BCUT2D eigenvalue weighted by Gasteiger charge is -2.15. The van der Waals surface area contributed by atoms with Crippen molar-refractivity contribution in [2.24, 2.45) is 0 Å². The number of amides is 3. The normalized spacial score (nSPS) is 11.9. The zero-order chi connectivity index (χ0) is 32.5. The van der Waals surface area contributed by atoms with Gasteiger partial charge in [-0.3, -0.25) is 14.4 Å². The Kier molecular flexibility index (Phi) is 11.1. The molecule has 0 saturated heterocycles. The van der Waals surface area contributed by atoms with Crippen molar-refractivity contribution in [1.82, 2.24) is 10.3 Å². The fourth-order valence-corrected chi connectivity index (χ4v) is 6.52. The van der Waals surface area contributed by atoms with E-state index < -0.39 is 17.1 Å². The van der Waals surface area contributed by atoms with E-state index in [0.717, 1.165) is 20.9 Å². The van der Waals surface area contributed by atoms with Gasteiger partial charge >= 0.3 is 0 Å². The minimum absolute atomic E-state index is 0.0232. The number of rotatable bonds is 12. The molecular formula is C35H31ClN4O4S2. The largest absolute Gasteiger partial charge is 0.494 e. The number of thiazole rings is 1. The third-order valence-electron chi connectivity index (χ3n) is 6.67. The minimum Gasteiger partial charge on any atom is -0.494 e. The van der Waals surface area contributed by atoms with Crippen molar-refractivity contribution in [3.63, 3.8) is 0 Å². The monoisotopic (exact) mass is 670 g/mol. The van der Waals surface area contributed by atoms with Crippen LogP contribution in [0.15, 0.2) is 108 Å². The van der Waals surface area contributed by atoms with Gasteiger partial charge in [0.1, 0.15) is 11.4 Å². The molecule has 3 N–H and O–H groups in total. The molecule has 1 unspecified atom stereocenters. The van der Waals surface area contributed by atoms with Crippen molar-refractivity contribution >= 4 is 79.5 Å². The first kappa shape index (κ1) is 32.7. The predicted octanol–water partition coefficient (Wildman–Crippen LogP) is 8.27. The number of thioether (sulfide) groups is 1. The third-order valence-corrected chi connectivity index (χ3v) is 9.30. The number of benzene rings is 4. The number of halogens is 1. The second-order valence-electron chi connectivity index (χ2n) is 9.97. The third kappa shape index (κ3) is 8.54. The molecule has 1 atom stereocenters. The fraction of sp³-hybridized carbons (Fsp3) is 0.143. The lowest BCUT2D eigenvalue weighted by atomic mass is 10.1. The molecule has 0 aliphatic carbocycles. The fourth-order valence-electron chi connectivity index (χ4n) is 4.42. The molecular weight excluding hydrogens is 640 g/mol. The smallest absolute Gasteiger partial charge is 0.272 e. The molecule has 8 nitrogen and oxygen atoms in total. The van der Waals surface area contributed by atoms with Crippen LogP contribution < -0.4 is 20.7 Å². The van der Waals surface area contributed by atoms with E-state index in [9.17, 15) is 14.4 Å². The summed E-state index contributed by atoms with van der Waals surface area (Å²) < 4.78 is 6.50. The summed E-state index contributed by atoms with van der Waals surface area (Å²) in [6, 6.07) is 28.5. The number of carbonyl (C=O) groups is 3. The molecule has 234 valence electrons. The lowest BCUT2D eigenvalue weighted by Crippen LogP contribution is -2.30. The van der Waals surface area contributed by atoms with Gasteiger partial charge in [-0.2, -0.15) is 0 Å². The van der Waals surface area contributed by atoms with Crippen LogP contribution in [0.5, 0.6) is 5.75 Å². The number of nitrogens with one attached hydrogen (secondary N) is 3. The maximum absolute atomic E-state index is 13.5. The quantitative estimate of drug-likeness (QED) is 0.0911. The summed E-state index contributed by atoms with van der Waals surface area (Å²) in [6.45, 7) is 4.44. The number of hydrogen-bond acceptors (Lipinski definition) is 7. The molecule has 46 heavy (non-hydrogen) atoms. The number of carbonyl (C=O) groups excluding carboxylic acids is 3. The summed E-state index contributed by atoms with van der Waals surface area (Å²) in [7, 11) is 0. The van der Waals surface area contributed by atoms with Gasteiger partial charge < -0.3 is 20.7 Å². The van der Waals surface area contributed by atoms with Crippen molar-refractivity contribution < 1.29 is 19.1 Å². The Morgan fingerprint density at radius 3 is 2.48 bits per heavy atom. The Morgan fingerprint density at radius 2 is 1.72 bits per heavy atom. The van der Waals surface area contributed by atoms with Crippen LogP contribution in [-0.4, -0.2) is 34.6 Å². The molecule has 0 spiro atoms. The van der Waals surface area contributed by atoms with E-state index >= 15 is 0 Å². The van der Waals surface area contributed by atoms with Crippen LogP contribution in [0.1, 0.15) is 36.2 Å². The molecule has 0 saturated carbocycles. The summed E-state index contributed by atoms with van der Waals surface area (Å²) in [4.78, 5) is 45.1. The minimum atomic E-state index is -0.528. The molecule has 0 aliphatic rings. The Bertz CT molecular complexity index is 1890. The number of nitrogens with zero attached hydrogens (tertiary/aromatic N) is 1. The second kappa shape index (κ2) is 15.6. The highest BCUT2D eigenvalue weighted by Crippen LogP contribution is 2.32. The van der Waals surface area contributed by atoms with Crippen LogP contribution in [0, 0.1) is 0 Å². The summed E-state index contributed by atoms with van der Waals surface area (Å²) in [5, 5.41) is 9.10. The van der Waals surface area contributed by atoms with Crippen molar-refractivity contribution in [3.05, 3.63) is 119 Å². The van der Waals surface area contributed by atoms with Gasteiger partial charge in [-0.05, 0) is 79.6 Å². The summed E-state index contributed by atoms with van der Waals surface area (Å²) >= 11 is 9.13. The molecule has 1 heterocycles. The van der Waals surface area contributed by atoms with E-state index in [1.54, 1.807) is 72.8 Å². The van der Waals surface area contributed by atoms with Crippen molar-refractivity contribution in [2.75, 3.05) is 17.2 Å². The lowest BCUT2D eigenvalue weighted by molar-refractivity contribution is -0.116. The van der Waals surface area contributed by atoms with Crippen LogP contribution in [0.25, 0.3) is 16.3 Å². The summed E-state index contributed by atoms with van der Waals surface area (Å²) in [6.07, 6.45) is 2.11. The molecule has 1 aromatic heterocycles. The van der Waals surface area contributed by atoms with Crippen LogP contribution in [-0.2, 0) is 9.59 Å². The van der Waals surface area contributed by atoms with E-state index in [1.165, 1.54) is 29.2 Å². The molecule has 0 radical (unpaired) electrons. The highest BCUT2D eigenvalue weighted by atomic mass is 35.5. The molecule has 5 rings (SSSR count). The van der Waals surface area contributed by atoms with Crippen molar-refractivity contribution in [3.8, 4) is 5.75 Å².